The van der Waals surface area contributed by atoms with Crippen molar-refractivity contribution in [2.24, 2.45) is 0 Å². The van der Waals surface area contributed by atoms with Gasteiger partial charge >= 0.3 is 0 Å². The lowest BCUT2D eigenvalue weighted by molar-refractivity contribution is 0.0977. The monoisotopic (exact) mass is 439 g/mol. The summed E-state index contributed by atoms with van der Waals surface area (Å²) in [7, 11) is 0. The molecule has 0 unspecified atom stereocenters. The molecule has 1 amide bonds. The molecule has 1 aromatic heterocycles. The van der Waals surface area contributed by atoms with Gasteiger partial charge in [-0.3, -0.25) is 10.1 Å². The number of rotatable bonds is 3. The lowest BCUT2D eigenvalue weighted by atomic mass is 10.1. The van der Waals surface area contributed by atoms with Gasteiger partial charge in [0.25, 0.3) is 5.91 Å². The number of hydrogen-bond acceptors (Lipinski definition) is 4. The molecule has 0 atom stereocenters. The van der Waals surface area contributed by atoms with Gasteiger partial charge < -0.3 is 9.73 Å². The highest BCUT2D eigenvalue weighted by atomic mass is 35.5. The van der Waals surface area contributed by atoms with Crippen molar-refractivity contribution in [3.63, 3.8) is 0 Å². The van der Waals surface area contributed by atoms with Crippen molar-refractivity contribution in [2.45, 2.75) is 6.92 Å². The Kier molecular flexibility index (Phi) is 5.48. The smallest absolute Gasteiger partial charge is 0.257 e. The average Bonchev–Trinajstić information content (AvgIpc) is 3.13. The number of nitrogens with zero attached hydrogens (tertiary/aromatic N) is 1. The minimum Gasteiger partial charge on any atom is -0.436 e. The van der Waals surface area contributed by atoms with E-state index in [4.69, 9.17) is 28.2 Å². The molecule has 0 bridgehead atoms. The number of carbonyl (C=O) groups excluding carboxylic acids is 1. The molecule has 0 fully saturated rings. The number of oxazole rings is 1. The van der Waals surface area contributed by atoms with Crippen LogP contribution in [0.5, 0.6) is 0 Å². The maximum Gasteiger partial charge on any atom is 0.257 e. The first-order chi connectivity index (χ1) is 14.4. The molecule has 30 heavy (non-hydrogen) atoms. The van der Waals surface area contributed by atoms with Crippen LogP contribution in [-0.2, 0) is 0 Å². The van der Waals surface area contributed by atoms with E-state index in [0.717, 1.165) is 17.2 Å². The summed E-state index contributed by atoms with van der Waals surface area (Å²) in [6.07, 6.45) is 0. The Balaban J connectivity index is 1.50. The van der Waals surface area contributed by atoms with E-state index < -0.39 is 11.7 Å². The lowest BCUT2D eigenvalue weighted by Gasteiger charge is -2.09. The van der Waals surface area contributed by atoms with E-state index in [-0.39, 0.29) is 10.7 Å². The number of thiocarbonyl (C=S) groups is 1. The zero-order valence-electron chi connectivity index (χ0n) is 15.7. The third-order valence-corrected chi connectivity index (χ3v) is 4.99. The van der Waals surface area contributed by atoms with Crippen LogP contribution >= 0.6 is 23.8 Å². The summed E-state index contributed by atoms with van der Waals surface area (Å²) in [5, 5.41) is 6.15. The minimum atomic E-state index is -0.506. The molecule has 0 aliphatic carbocycles. The molecule has 8 heteroatoms. The molecule has 2 N–H and O–H groups in total. The molecule has 1 heterocycles. The molecule has 0 saturated heterocycles. The number of halogens is 2. The number of benzene rings is 3. The first kappa shape index (κ1) is 20.0. The summed E-state index contributed by atoms with van der Waals surface area (Å²) in [4.78, 5) is 16.7. The summed E-state index contributed by atoms with van der Waals surface area (Å²) in [6.45, 7) is 1.92. The zero-order chi connectivity index (χ0) is 21.3. The van der Waals surface area contributed by atoms with E-state index in [0.29, 0.717) is 27.7 Å². The fourth-order valence-corrected chi connectivity index (χ4v) is 3.21. The molecule has 0 spiro atoms. The first-order valence-electron chi connectivity index (χ1n) is 8.94. The van der Waals surface area contributed by atoms with Crippen LogP contribution < -0.4 is 10.6 Å². The van der Waals surface area contributed by atoms with E-state index >= 15 is 0 Å². The molecule has 3 aromatic carbocycles. The molecule has 5 nitrogen and oxygen atoms in total. The molecule has 4 rings (SSSR count). The summed E-state index contributed by atoms with van der Waals surface area (Å²) >= 11 is 11.4. The van der Waals surface area contributed by atoms with E-state index in [1.165, 1.54) is 18.2 Å². The Morgan fingerprint density at radius 1 is 1.13 bits per heavy atom. The number of aromatic nitrogens is 1. The van der Waals surface area contributed by atoms with Gasteiger partial charge in [-0.25, -0.2) is 9.37 Å². The molecule has 0 radical (unpaired) electrons. The largest absolute Gasteiger partial charge is 0.436 e. The minimum absolute atomic E-state index is 0.0812. The second kappa shape index (κ2) is 8.22. The summed E-state index contributed by atoms with van der Waals surface area (Å²) in [6, 6.07) is 16.2. The van der Waals surface area contributed by atoms with E-state index in [2.05, 4.69) is 15.6 Å². The number of nitrogens with one attached hydrogen (secondary N) is 2. The topological polar surface area (TPSA) is 67.2 Å². The van der Waals surface area contributed by atoms with Gasteiger partial charge in [0.2, 0.25) is 5.89 Å². The Bertz CT molecular complexity index is 1290. The molecule has 150 valence electrons. The van der Waals surface area contributed by atoms with E-state index in [1.54, 1.807) is 24.3 Å². The maximum absolute atomic E-state index is 13.3. The van der Waals surface area contributed by atoms with Crippen molar-refractivity contribution in [1.29, 1.82) is 0 Å². The van der Waals surface area contributed by atoms with Crippen LogP contribution in [0, 0.1) is 12.7 Å². The first-order valence-corrected chi connectivity index (χ1v) is 9.73. The van der Waals surface area contributed by atoms with Crippen molar-refractivity contribution >= 4 is 51.6 Å². The van der Waals surface area contributed by atoms with E-state index in [9.17, 15) is 9.18 Å². The number of fused-ring (bicyclic) bond motifs is 1. The highest BCUT2D eigenvalue weighted by Gasteiger charge is 2.12. The quantitative estimate of drug-likeness (QED) is 0.399. The standard InChI is InChI=1S/C22H15ClFN3O2S/c1-12-5-6-14(10-17(12)23)21-26-18-11-16(7-8-19(18)29-21)25-22(30)27-20(28)13-3-2-4-15(24)9-13/h2-11H,1H3,(H2,25,27,28,30). The fourth-order valence-electron chi connectivity index (χ4n) is 2.82. The van der Waals surface area contributed by atoms with Crippen molar-refractivity contribution in [3.8, 4) is 11.5 Å². The number of carbonyl (C=O) groups is 1. The highest BCUT2D eigenvalue weighted by Crippen LogP contribution is 2.29. The molecule has 0 aliphatic rings. The SMILES string of the molecule is Cc1ccc(-c2nc3cc(NC(=S)NC(=O)c4cccc(F)c4)ccc3o2)cc1Cl. The van der Waals surface area contributed by atoms with Crippen LogP contribution in [0.15, 0.2) is 65.1 Å². The predicted molar refractivity (Wildman–Crippen MR) is 119 cm³/mol. The lowest BCUT2D eigenvalue weighted by Crippen LogP contribution is -2.34. The Morgan fingerprint density at radius 3 is 2.73 bits per heavy atom. The predicted octanol–water partition coefficient (Wildman–Crippen LogP) is 5.72. The molecule has 0 aliphatic heterocycles. The number of aryl methyl sites for hydroxylation is 1. The second-order valence-electron chi connectivity index (χ2n) is 6.58. The van der Waals surface area contributed by atoms with Crippen LogP contribution in [0.2, 0.25) is 5.02 Å². The van der Waals surface area contributed by atoms with Gasteiger partial charge in [-0.15, -0.1) is 0 Å². The van der Waals surface area contributed by atoms with Crippen molar-refractivity contribution < 1.29 is 13.6 Å². The summed E-state index contributed by atoms with van der Waals surface area (Å²) in [5.41, 5.74) is 3.75. The fraction of sp³-hybridized carbons (Fsp3) is 0.0455. The van der Waals surface area contributed by atoms with Crippen molar-refractivity contribution in [2.75, 3.05) is 5.32 Å². The third-order valence-electron chi connectivity index (χ3n) is 4.38. The van der Waals surface area contributed by atoms with Crippen LogP contribution in [0.25, 0.3) is 22.6 Å². The summed E-state index contributed by atoms with van der Waals surface area (Å²) in [5.74, 6) is -0.553. The van der Waals surface area contributed by atoms with E-state index in [1.807, 2.05) is 19.1 Å². The van der Waals surface area contributed by atoms with Gasteiger partial charge in [0.05, 0.1) is 0 Å². The number of amides is 1. The zero-order valence-corrected chi connectivity index (χ0v) is 17.3. The highest BCUT2D eigenvalue weighted by molar-refractivity contribution is 7.80. The van der Waals surface area contributed by atoms with Crippen LogP contribution in [-0.4, -0.2) is 16.0 Å². The summed E-state index contributed by atoms with van der Waals surface area (Å²) < 4.78 is 19.1. The number of anilines is 1. The molecular formula is C22H15ClFN3O2S. The third kappa shape index (κ3) is 4.32. The Labute approximate surface area is 181 Å². The maximum atomic E-state index is 13.3. The van der Waals surface area contributed by atoms with Crippen molar-refractivity contribution in [1.82, 2.24) is 10.3 Å². The van der Waals surface area contributed by atoms with Gasteiger partial charge in [-0.1, -0.05) is 23.7 Å². The van der Waals surface area contributed by atoms with Gasteiger partial charge in [-0.2, -0.15) is 0 Å². The molecular weight excluding hydrogens is 425 g/mol. The Morgan fingerprint density at radius 2 is 1.97 bits per heavy atom. The van der Waals surface area contributed by atoms with Crippen LogP contribution in [0.4, 0.5) is 10.1 Å². The molecule has 0 saturated carbocycles. The average molecular weight is 440 g/mol. The second-order valence-corrected chi connectivity index (χ2v) is 7.40. The van der Waals surface area contributed by atoms with Crippen LogP contribution in [0.3, 0.4) is 0 Å². The Hall–Kier alpha value is -3.29. The van der Waals surface area contributed by atoms with Gasteiger partial charge in [0.1, 0.15) is 11.3 Å². The van der Waals surface area contributed by atoms with Crippen LogP contribution in [0.1, 0.15) is 15.9 Å². The van der Waals surface area contributed by atoms with Crippen molar-refractivity contribution in [3.05, 3.63) is 82.6 Å². The molecule has 4 aromatic rings. The number of hydrogen-bond donors (Lipinski definition) is 2. The normalized spacial score (nSPS) is 10.8. The van der Waals surface area contributed by atoms with Gasteiger partial charge in [0.15, 0.2) is 10.7 Å². The van der Waals surface area contributed by atoms with Gasteiger partial charge in [0, 0.05) is 21.8 Å². The van der Waals surface area contributed by atoms with Gasteiger partial charge in [-0.05, 0) is 73.2 Å².